The van der Waals surface area contributed by atoms with Gasteiger partial charge >= 0.3 is 0 Å². The highest BCUT2D eigenvalue weighted by molar-refractivity contribution is 9.10. The summed E-state index contributed by atoms with van der Waals surface area (Å²) in [5, 5.41) is 0. The van der Waals surface area contributed by atoms with Crippen LogP contribution in [-0.2, 0) is 0 Å². The maximum Gasteiger partial charge on any atom is 0.271 e. The summed E-state index contributed by atoms with van der Waals surface area (Å²) < 4.78 is 1.61. The molecule has 0 unspecified atom stereocenters. The molecule has 2 rings (SSSR count). The van der Waals surface area contributed by atoms with Gasteiger partial charge in [0.05, 0.1) is 10.2 Å². The van der Waals surface area contributed by atoms with Gasteiger partial charge in [-0.3, -0.25) is 14.2 Å². The molecule has 0 saturated carbocycles. The minimum absolute atomic E-state index is 0.0275. The Labute approximate surface area is 110 Å². The number of nitrogen functional groups attached to an aromatic ring is 1. The molecule has 2 aromatic heterocycles. The van der Waals surface area contributed by atoms with Gasteiger partial charge in [-0.15, -0.1) is 0 Å². The van der Waals surface area contributed by atoms with Crippen LogP contribution >= 0.6 is 15.9 Å². The Kier molecular flexibility index (Phi) is 3.15. The predicted molar refractivity (Wildman–Crippen MR) is 70.5 cm³/mol. The molecule has 0 atom stereocenters. The second-order valence-electron chi connectivity index (χ2n) is 3.49. The molecule has 1 amide bonds. The van der Waals surface area contributed by atoms with Gasteiger partial charge in [-0.1, -0.05) is 6.07 Å². The number of nitrogens with zero attached hydrogens (tertiary/aromatic N) is 2. The fraction of sp³-hybridized carbons (Fsp3) is 0. The van der Waals surface area contributed by atoms with E-state index in [0.29, 0.717) is 10.3 Å². The first kappa shape index (κ1) is 12.3. The van der Waals surface area contributed by atoms with E-state index in [0.717, 1.165) is 0 Å². The molecular weight excluding hydrogens is 300 g/mol. The number of aromatic nitrogens is 2. The number of pyridine rings is 2. The molecule has 0 aliphatic heterocycles. The van der Waals surface area contributed by atoms with Crippen molar-refractivity contribution in [2.75, 3.05) is 5.73 Å². The van der Waals surface area contributed by atoms with Crippen LogP contribution in [0.25, 0.3) is 5.82 Å². The molecule has 7 heteroatoms. The Morgan fingerprint density at radius 3 is 2.67 bits per heavy atom. The fourth-order valence-corrected chi connectivity index (χ4v) is 1.90. The fourth-order valence-electron chi connectivity index (χ4n) is 1.50. The van der Waals surface area contributed by atoms with Gasteiger partial charge in [0.2, 0.25) is 0 Å². The Morgan fingerprint density at radius 2 is 2.11 bits per heavy atom. The van der Waals surface area contributed by atoms with E-state index in [4.69, 9.17) is 11.5 Å². The van der Waals surface area contributed by atoms with Crippen molar-refractivity contribution in [2.45, 2.75) is 0 Å². The van der Waals surface area contributed by atoms with Crippen molar-refractivity contribution >= 4 is 27.5 Å². The number of carbonyl (C=O) groups excluding carboxylic acids is 1. The molecule has 18 heavy (non-hydrogen) atoms. The lowest BCUT2D eigenvalue weighted by Crippen LogP contribution is -2.30. The van der Waals surface area contributed by atoms with Gasteiger partial charge < -0.3 is 11.5 Å². The number of primary amides is 1. The number of nitrogens with two attached hydrogens (primary N) is 2. The van der Waals surface area contributed by atoms with E-state index in [1.54, 1.807) is 18.2 Å². The lowest BCUT2D eigenvalue weighted by atomic mass is 10.2. The average Bonchev–Trinajstić information content (AvgIpc) is 2.34. The standard InChI is InChI=1S/C11H9BrN4O2/c12-6-5-16(7-3-1-2-4-15-7)11(18)8(9(6)13)10(14)17/h1-5H,13H2,(H2,14,17). The summed E-state index contributed by atoms with van der Waals surface area (Å²) in [6.45, 7) is 0. The molecule has 0 spiro atoms. The van der Waals surface area contributed by atoms with E-state index in [1.807, 2.05) is 0 Å². The summed E-state index contributed by atoms with van der Waals surface area (Å²) >= 11 is 3.18. The minimum atomic E-state index is -0.872. The zero-order chi connectivity index (χ0) is 13.3. The Balaban J connectivity index is 2.79. The van der Waals surface area contributed by atoms with Crippen LogP contribution in [0, 0.1) is 0 Å². The SMILES string of the molecule is NC(=O)c1c(N)c(Br)cn(-c2ccccn2)c1=O. The molecular formula is C11H9BrN4O2. The monoisotopic (exact) mass is 308 g/mol. The Hall–Kier alpha value is -2.15. The molecule has 0 aliphatic carbocycles. The predicted octanol–water partition coefficient (Wildman–Crippen LogP) is 0.676. The number of carbonyl (C=O) groups is 1. The van der Waals surface area contributed by atoms with Crippen LogP contribution in [0.4, 0.5) is 5.69 Å². The van der Waals surface area contributed by atoms with Crippen LogP contribution in [-0.4, -0.2) is 15.5 Å². The van der Waals surface area contributed by atoms with E-state index in [1.165, 1.54) is 17.0 Å². The van der Waals surface area contributed by atoms with E-state index < -0.39 is 11.5 Å². The summed E-state index contributed by atoms with van der Waals surface area (Å²) in [5.41, 5.74) is 9.99. The van der Waals surface area contributed by atoms with Crippen molar-refractivity contribution < 1.29 is 4.79 Å². The lowest BCUT2D eigenvalue weighted by Gasteiger charge is -2.09. The molecule has 0 radical (unpaired) electrons. The molecule has 0 aromatic carbocycles. The zero-order valence-electron chi connectivity index (χ0n) is 9.13. The highest BCUT2D eigenvalue weighted by atomic mass is 79.9. The molecule has 0 aliphatic rings. The molecule has 0 bridgehead atoms. The Bertz CT molecular complexity index is 667. The molecule has 2 heterocycles. The third kappa shape index (κ3) is 2.00. The van der Waals surface area contributed by atoms with Crippen molar-refractivity contribution in [2.24, 2.45) is 5.73 Å². The van der Waals surface area contributed by atoms with Gasteiger partial charge in [0.25, 0.3) is 11.5 Å². The number of anilines is 1. The first-order valence-corrected chi connectivity index (χ1v) is 5.73. The van der Waals surface area contributed by atoms with Crippen LogP contribution in [0.2, 0.25) is 0 Å². The zero-order valence-corrected chi connectivity index (χ0v) is 10.7. The number of amides is 1. The second kappa shape index (κ2) is 4.61. The van der Waals surface area contributed by atoms with Crippen molar-refractivity contribution in [3.8, 4) is 5.82 Å². The summed E-state index contributed by atoms with van der Waals surface area (Å²) in [6.07, 6.45) is 2.99. The molecule has 4 N–H and O–H groups in total. The highest BCUT2D eigenvalue weighted by Gasteiger charge is 2.17. The summed E-state index contributed by atoms with van der Waals surface area (Å²) in [5.74, 6) is -0.491. The average molecular weight is 309 g/mol. The Morgan fingerprint density at radius 1 is 1.39 bits per heavy atom. The van der Waals surface area contributed by atoms with Crippen LogP contribution in [0.1, 0.15) is 10.4 Å². The third-order valence-corrected chi connectivity index (χ3v) is 2.98. The molecule has 2 aromatic rings. The molecule has 0 saturated heterocycles. The first-order chi connectivity index (χ1) is 8.52. The summed E-state index contributed by atoms with van der Waals surface area (Å²) in [6, 6.07) is 5.08. The van der Waals surface area contributed by atoms with Gasteiger partial charge in [0.15, 0.2) is 0 Å². The van der Waals surface area contributed by atoms with E-state index in [2.05, 4.69) is 20.9 Å². The summed E-state index contributed by atoms with van der Waals surface area (Å²) in [4.78, 5) is 27.4. The van der Waals surface area contributed by atoms with Crippen molar-refractivity contribution in [3.05, 3.63) is 51.0 Å². The number of hydrogen-bond donors (Lipinski definition) is 2. The van der Waals surface area contributed by atoms with Gasteiger partial charge in [-0.2, -0.15) is 0 Å². The number of hydrogen-bond acceptors (Lipinski definition) is 4. The largest absolute Gasteiger partial charge is 0.397 e. The second-order valence-corrected chi connectivity index (χ2v) is 4.35. The number of halogens is 1. The van der Waals surface area contributed by atoms with Crippen LogP contribution in [0.15, 0.2) is 39.9 Å². The van der Waals surface area contributed by atoms with Crippen molar-refractivity contribution in [3.63, 3.8) is 0 Å². The van der Waals surface area contributed by atoms with Crippen molar-refractivity contribution in [1.29, 1.82) is 0 Å². The first-order valence-electron chi connectivity index (χ1n) is 4.94. The smallest absolute Gasteiger partial charge is 0.271 e. The van der Waals surface area contributed by atoms with Gasteiger partial charge in [0, 0.05) is 12.4 Å². The van der Waals surface area contributed by atoms with Crippen LogP contribution < -0.4 is 17.0 Å². The third-order valence-electron chi connectivity index (χ3n) is 2.34. The normalized spacial score (nSPS) is 10.3. The minimum Gasteiger partial charge on any atom is -0.397 e. The van der Waals surface area contributed by atoms with Crippen LogP contribution in [0.3, 0.4) is 0 Å². The molecule has 6 nitrogen and oxygen atoms in total. The maximum atomic E-state index is 12.1. The van der Waals surface area contributed by atoms with Gasteiger partial charge in [-0.05, 0) is 28.1 Å². The lowest BCUT2D eigenvalue weighted by molar-refractivity contribution is 0.0999. The molecule has 0 fully saturated rings. The van der Waals surface area contributed by atoms with E-state index in [-0.39, 0.29) is 11.3 Å². The maximum absolute atomic E-state index is 12.1. The van der Waals surface area contributed by atoms with E-state index >= 15 is 0 Å². The highest BCUT2D eigenvalue weighted by Crippen LogP contribution is 2.21. The van der Waals surface area contributed by atoms with Gasteiger partial charge in [-0.25, -0.2) is 4.98 Å². The van der Waals surface area contributed by atoms with Crippen molar-refractivity contribution in [1.82, 2.24) is 9.55 Å². The van der Waals surface area contributed by atoms with Gasteiger partial charge in [0.1, 0.15) is 11.4 Å². The topological polar surface area (TPSA) is 104 Å². The number of rotatable bonds is 2. The molecule has 92 valence electrons. The van der Waals surface area contributed by atoms with E-state index in [9.17, 15) is 9.59 Å². The van der Waals surface area contributed by atoms with Crippen LogP contribution in [0.5, 0.6) is 0 Å². The quantitative estimate of drug-likeness (QED) is 0.851. The summed E-state index contributed by atoms with van der Waals surface area (Å²) in [7, 11) is 0.